The van der Waals surface area contributed by atoms with E-state index in [1.165, 1.54) is 0 Å². The van der Waals surface area contributed by atoms with Crippen LogP contribution in [0, 0.1) is 11.3 Å². The lowest BCUT2D eigenvalue weighted by Crippen LogP contribution is -2.45. The van der Waals surface area contributed by atoms with Gasteiger partial charge in [-0.15, -0.1) is 0 Å². The number of hydrogen-bond donors (Lipinski definition) is 0. The van der Waals surface area contributed by atoms with Gasteiger partial charge in [-0.05, 0) is 39.0 Å². The Bertz CT molecular complexity index is 302. The van der Waals surface area contributed by atoms with Crippen LogP contribution < -0.4 is 0 Å². The highest BCUT2D eigenvalue weighted by Gasteiger charge is 2.41. The Balaban J connectivity index is 2.50. The Labute approximate surface area is 129 Å². The molecule has 1 atom stereocenters. The van der Waals surface area contributed by atoms with Gasteiger partial charge in [-0.2, -0.15) is 0 Å². The molecule has 1 fully saturated rings. The van der Waals surface area contributed by atoms with E-state index in [2.05, 4.69) is 13.8 Å². The van der Waals surface area contributed by atoms with Gasteiger partial charge in [0, 0.05) is 38.6 Å². The van der Waals surface area contributed by atoms with Crippen LogP contribution in [0.3, 0.4) is 0 Å². The van der Waals surface area contributed by atoms with Crippen LogP contribution in [0.15, 0.2) is 0 Å². The van der Waals surface area contributed by atoms with Gasteiger partial charge in [0.1, 0.15) is 5.78 Å². The van der Waals surface area contributed by atoms with Crippen LogP contribution >= 0.6 is 0 Å². The lowest BCUT2D eigenvalue weighted by molar-refractivity contribution is -0.400. The van der Waals surface area contributed by atoms with Crippen LogP contribution in [0.5, 0.6) is 0 Å². The molecule has 0 amide bonds. The summed E-state index contributed by atoms with van der Waals surface area (Å²) in [5.41, 5.74) is 0.225. The molecule has 0 aliphatic heterocycles. The van der Waals surface area contributed by atoms with Crippen molar-refractivity contribution in [2.45, 2.75) is 72.7 Å². The number of hydrogen-bond acceptors (Lipinski definition) is 4. The van der Waals surface area contributed by atoms with Crippen LogP contribution in [0.2, 0.25) is 0 Å². The Kier molecular flexibility index (Phi) is 7.31. The minimum absolute atomic E-state index is 0.164. The molecular weight excluding hydrogens is 268 g/mol. The van der Waals surface area contributed by atoms with Gasteiger partial charge >= 0.3 is 0 Å². The molecule has 0 aromatic carbocycles. The zero-order valence-electron chi connectivity index (χ0n) is 14.4. The Morgan fingerprint density at radius 3 is 1.95 bits per heavy atom. The SMILES string of the molecule is CCOC(OCC)(OCC)C(C)CCCC1(C)CC(=O)C1. The summed E-state index contributed by atoms with van der Waals surface area (Å²) in [5.74, 6) is -0.358. The molecule has 124 valence electrons. The summed E-state index contributed by atoms with van der Waals surface area (Å²) in [7, 11) is 0. The first kappa shape index (κ1) is 18.6. The maximum atomic E-state index is 11.2. The van der Waals surface area contributed by atoms with Crippen molar-refractivity contribution in [2.24, 2.45) is 11.3 Å². The first-order valence-electron chi connectivity index (χ1n) is 8.35. The van der Waals surface area contributed by atoms with Gasteiger partial charge < -0.3 is 14.2 Å². The number of rotatable bonds is 11. The first-order chi connectivity index (χ1) is 9.91. The molecule has 1 aliphatic carbocycles. The van der Waals surface area contributed by atoms with Gasteiger partial charge in [0.15, 0.2) is 0 Å². The fourth-order valence-electron chi connectivity index (χ4n) is 3.24. The summed E-state index contributed by atoms with van der Waals surface area (Å²) >= 11 is 0. The summed E-state index contributed by atoms with van der Waals surface area (Å²) in [6.45, 7) is 11.9. The maximum absolute atomic E-state index is 11.2. The van der Waals surface area contributed by atoms with E-state index in [-0.39, 0.29) is 11.3 Å². The van der Waals surface area contributed by atoms with Crippen LogP contribution in [-0.2, 0) is 19.0 Å². The van der Waals surface area contributed by atoms with Crippen LogP contribution in [-0.4, -0.2) is 31.6 Å². The second-order valence-electron chi connectivity index (χ2n) is 6.40. The third-order valence-corrected chi connectivity index (χ3v) is 4.31. The van der Waals surface area contributed by atoms with E-state index in [1.54, 1.807) is 0 Å². The molecule has 1 saturated carbocycles. The summed E-state index contributed by atoms with van der Waals surface area (Å²) < 4.78 is 17.4. The molecule has 0 heterocycles. The van der Waals surface area contributed by atoms with Crippen LogP contribution in [0.1, 0.15) is 66.7 Å². The van der Waals surface area contributed by atoms with Crippen molar-refractivity contribution in [3.8, 4) is 0 Å². The Hall–Kier alpha value is -0.450. The zero-order valence-corrected chi connectivity index (χ0v) is 14.4. The molecule has 0 bridgehead atoms. The summed E-state index contributed by atoms with van der Waals surface area (Å²) in [6.07, 6.45) is 4.62. The quantitative estimate of drug-likeness (QED) is 0.542. The maximum Gasteiger partial charge on any atom is 0.285 e. The number of ketones is 1. The number of Topliss-reactive ketones (excluding diaryl/α,β-unsaturated/α-hetero) is 1. The lowest BCUT2D eigenvalue weighted by Gasteiger charge is -2.39. The first-order valence-corrected chi connectivity index (χ1v) is 8.35. The van der Waals surface area contributed by atoms with E-state index in [0.717, 1.165) is 32.1 Å². The molecule has 0 spiro atoms. The van der Waals surface area contributed by atoms with Crippen molar-refractivity contribution >= 4 is 5.78 Å². The summed E-state index contributed by atoms with van der Waals surface area (Å²) in [6, 6.07) is 0. The average Bonchev–Trinajstić information content (AvgIpc) is 2.37. The topological polar surface area (TPSA) is 44.8 Å². The van der Waals surface area contributed by atoms with Gasteiger partial charge in [0.25, 0.3) is 5.97 Å². The number of carbonyl (C=O) groups is 1. The number of ether oxygens (including phenoxy) is 3. The molecule has 0 aromatic heterocycles. The highest BCUT2D eigenvalue weighted by atomic mass is 16.9. The van der Waals surface area contributed by atoms with E-state index in [0.29, 0.717) is 25.6 Å². The second-order valence-corrected chi connectivity index (χ2v) is 6.40. The highest BCUT2D eigenvalue weighted by Crippen LogP contribution is 2.42. The normalized spacial score (nSPS) is 19.4. The Morgan fingerprint density at radius 1 is 1.10 bits per heavy atom. The van der Waals surface area contributed by atoms with Crippen molar-refractivity contribution in [3.05, 3.63) is 0 Å². The van der Waals surface area contributed by atoms with Crippen molar-refractivity contribution in [3.63, 3.8) is 0 Å². The van der Waals surface area contributed by atoms with Crippen molar-refractivity contribution in [2.75, 3.05) is 19.8 Å². The predicted octanol–water partition coefficient (Wildman–Crippen LogP) is 3.93. The van der Waals surface area contributed by atoms with Crippen molar-refractivity contribution < 1.29 is 19.0 Å². The molecule has 0 saturated heterocycles. The number of carbonyl (C=O) groups excluding carboxylic acids is 1. The van der Waals surface area contributed by atoms with E-state index < -0.39 is 5.97 Å². The van der Waals surface area contributed by atoms with Gasteiger partial charge in [0.2, 0.25) is 0 Å². The molecule has 0 radical (unpaired) electrons. The molecule has 4 heteroatoms. The fourth-order valence-corrected chi connectivity index (χ4v) is 3.24. The minimum Gasteiger partial charge on any atom is -0.328 e. The predicted molar refractivity (Wildman–Crippen MR) is 83.0 cm³/mol. The van der Waals surface area contributed by atoms with Gasteiger partial charge in [0.05, 0.1) is 0 Å². The molecule has 1 aliphatic rings. The van der Waals surface area contributed by atoms with E-state index in [4.69, 9.17) is 14.2 Å². The average molecular weight is 300 g/mol. The van der Waals surface area contributed by atoms with Gasteiger partial charge in [-0.1, -0.05) is 20.3 Å². The molecule has 1 rings (SSSR count). The van der Waals surface area contributed by atoms with Gasteiger partial charge in [-0.25, -0.2) is 0 Å². The van der Waals surface area contributed by atoms with Crippen LogP contribution in [0.4, 0.5) is 0 Å². The largest absolute Gasteiger partial charge is 0.328 e. The third-order valence-electron chi connectivity index (χ3n) is 4.31. The molecular formula is C17H32O4. The lowest BCUT2D eigenvalue weighted by atomic mass is 9.66. The van der Waals surface area contributed by atoms with Crippen molar-refractivity contribution in [1.82, 2.24) is 0 Å². The molecule has 0 aromatic rings. The highest BCUT2D eigenvalue weighted by molar-refractivity contribution is 5.85. The van der Waals surface area contributed by atoms with Gasteiger partial charge in [-0.3, -0.25) is 4.79 Å². The molecule has 0 N–H and O–H groups in total. The van der Waals surface area contributed by atoms with E-state index in [1.807, 2.05) is 20.8 Å². The third kappa shape index (κ3) is 5.04. The van der Waals surface area contributed by atoms with E-state index in [9.17, 15) is 4.79 Å². The van der Waals surface area contributed by atoms with Crippen LogP contribution in [0.25, 0.3) is 0 Å². The smallest absolute Gasteiger partial charge is 0.285 e. The standard InChI is InChI=1S/C17H32O4/c1-6-19-17(20-7-2,21-8-3)14(4)10-9-11-16(5)12-15(18)13-16/h14H,6-13H2,1-5H3. The molecule has 4 nitrogen and oxygen atoms in total. The summed E-state index contributed by atoms with van der Waals surface area (Å²) in [4.78, 5) is 11.2. The zero-order chi connectivity index (χ0) is 15.9. The monoisotopic (exact) mass is 300 g/mol. The van der Waals surface area contributed by atoms with E-state index >= 15 is 0 Å². The molecule has 21 heavy (non-hydrogen) atoms. The van der Waals surface area contributed by atoms with Crippen molar-refractivity contribution in [1.29, 1.82) is 0 Å². The second kappa shape index (κ2) is 8.25. The minimum atomic E-state index is -0.922. The molecule has 1 unspecified atom stereocenters. The summed E-state index contributed by atoms with van der Waals surface area (Å²) in [5, 5.41) is 0. The fraction of sp³-hybridized carbons (Fsp3) is 0.941. The Morgan fingerprint density at radius 2 is 1.57 bits per heavy atom.